The van der Waals surface area contributed by atoms with Gasteiger partial charge in [0.15, 0.2) is 9.79 Å². The number of ether oxygens (including phenoxy) is 3. The van der Waals surface area contributed by atoms with Gasteiger partial charge in [-0.25, -0.2) is 4.79 Å². The normalized spacial score (nSPS) is 14.1. The molecule has 3 aromatic rings. The maximum Gasteiger partial charge on any atom is 0.460 e. The van der Waals surface area contributed by atoms with Crippen LogP contribution < -0.4 is 14.2 Å². The van der Waals surface area contributed by atoms with Crippen LogP contribution in [0.1, 0.15) is 13.8 Å². The third kappa shape index (κ3) is 9.24. The molecule has 0 N–H and O–H groups in total. The summed E-state index contributed by atoms with van der Waals surface area (Å²) < 4.78 is 321. The zero-order chi connectivity index (χ0) is 48.4. The van der Waals surface area contributed by atoms with Crippen molar-refractivity contribution in [3.05, 3.63) is 78.9 Å². The van der Waals surface area contributed by atoms with Crippen LogP contribution in [0, 0.1) is 0 Å². The monoisotopic (exact) mass is 965 g/mol. The molecule has 4 nitrogen and oxygen atoms in total. The Hall–Kier alpha value is -4.53. The Morgan fingerprint density at radius 2 is 0.694 bits per heavy atom. The number of thiol groups is 1. The fraction of sp³-hybridized carbons (Fsp3) is 0.441. The second kappa shape index (κ2) is 17.9. The molecule has 62 heavy (non-hydrogen) atoms. The van der Waals surface area contributed by atoms with Crippen molar-refractivity contribution < 1.29 is 120 Å². The van der Waals surface area contributed by atoms with Crippen molar-refractivity contribution in [2.45, 2.75) is 89.0 Å². The summed E-state index contributed by atoms with van der Waals surface area (Å²) in [5.41, 5.74) is 0. The van der Waals surface area contributed by atoms with Gasteiger partial charge in [-0.15, -0.1) is 0 Å². The van der Waals surface area contributed by atoms with E-state index in [4.69, 9.17) is 9.47 Å². The van der Waals surface area contributed by atoms with Gasteiger partial charge in [-0.05, 0) is 74.5 Å². The number of hydrogen-bond acceptors (Lipinski definition) is 4. The largest absolute Gasteiger partial charge is 0.494 e. The molecule has 0 aromatic heterocycles. The molecule has 0 fully saturated rings. The SMILES string of the molecule is CCOc1ccc([SH+]c2ccc(OCC)cc2)cc1.O=C(Oc1ccccc1)C(F)(F)C(F)(F)C(F)(F)C(F)(F)C(F)(F)C(F)(F)C(F)(F)C(F)(F)C(F)(F)C(F)(F)C(F)(F)F. The molecule has 0 amide bonds. The predicted octanol–water partition coefficient (Wildman–Crippen LogP) is 12.2. The van der Waals surface area contributed by atoms with Gasteiger partial charge in [0.1, 0.15) is 17.2 Å². The van der Waals surface area contributed by atoms with Gasteiger partial charge < -0.3 is 14.2 Å². The number of esters is 1. The maximum absolute atomic E-state index is 13.8. The van der Waals surface area contributed by atoms with E-state index < -0.39 is 77.1 Å². The molecule has 0 saturated heterocycles. The van der Waals surface area contributed by atoms with Crippen molar-refractivity contribution >= 4 is 17.7 Å². The van der Waals surface area contributed by atoms with Crippen LogP contribution in [0.4, 0.5) is 101 Å². The molecule has 28 heteroatoms. The van der Waals surface area contributed by atoms with Gasteiger partial charge in [-0.2, -0.15) is 101 Å². The second-order valence-corrected chi connectivity index (χ2v) is 13.2. The van der Waals surface area contributed by atoms with E-state index in [-0.39, 0.29) is 0 Å². The molecule has 0 heterocycles. The Labute approximate surface area is 336 Å². The van der Waals surface area contributed by atoms with Crippen molar-refractivity contribution in [3.8, 4) is 17.2 Å². The Kier molecular flexibility index (Phi) is 15.5. The van der Waals surface area contributed by atoms with E-state index in [0.29, 0.717) is 25.3 Å². The molecule has 0 radical (unpaired) electrons. The fourth-order valence-corrected chi connectivity index (χ4v) is 5.15. The zero-order valence-electron chi connectivity index (χ0n) is 30.2. The van der Waals surface area contributed by atoms with Gasteiger partial charge >= 0.3 is 71.4 Å². The Morgan fingerprint density at radius 3 is 0.984 bits per heavy atom. The number of hydrogen-bond donors (Lipinski definition) is 0. The lowest BCUT2D eigenvalue weighted by Gasteiger charge is -2.44. The van der Waals surface area contributed by atoms with Crippen LogP contribution in [0.2, 0.25) is 0 Å². The van der Waals surface area contributed by atoms with Crippen LogP contribution in [0.15, 0.2) is 88.7 Å². The van der Waals surface area contributed by atoms with Crippen molar-refractivity contribution in [1.29, 1.82) is 0 Å². The molecule has 350 valence electrons. The number of carbonyl (C=O) groups is 1. The van der Waals surface area contributed by atoms with Gasteiger partial charge in [0.25, 0.3) is 0 Å². The number of benzene rings is 3. The first-order chi connectivity index (χ1) is 27.8. The van der Waals surface area contributed by atoms with E-state index in [1.807, 2.05) is 38.1 Å². The first kappa shape index (κ1) is 53.6. The van der Waals surface area contributed by atoms with Crippen molar-refractivity contribution in [3.63, 3.8) is 0 Å². The maximum atomic E-state index is 13.8. The summed E-state index contributed by atoms with van der Waals surface area (Å²) in [7, 11) is 0. The highest BCUT2D eigenvalue weighted by molar-refractivity contribution is 7.78. The molecule has 0 spiro atoms. The third-order valence-corrected chi connectivity index (χ3v) is 8.78. The third-order valence-electron chi connectivity index (χ3n) is 7.67. The molecule has 0 bridgehead atoms. The summed E-state index contributed by atoms with van der Waals surface area (Å²) in [4.78, 5) is 13.8. The van der Waals surface area contributed by atoms with Gasteiger partial charge in [0, 0.05) is 11.8 Å². The minimum atomic E-state index is -9.50. The van der Waals surface area contributed by atoms with Crippen LogP contribution >= 0.6 is 0 Å². The number of halogens is 23. The lowest BCUT2D eigenvalue weighted by atomic mass is 9.85. The Bertz CT molecular complexity index is 1890. The van der Waals surface area contributed by atoms with Gasteiger partial charge in [0.2, 0.25) is 0 Å². The van der Waals surface area contributed by atoms with Gasteiger partial charge in [-0.3, -0.25) is 0 Å². The fourth-order valence-electron chi connectivity index (χ4n) is 4.26. The van der Waals surface area contributed by atoms with Gasteiger partial charge in [-0.1, -0.05) is 18.2 Å². The summed E-state index contributed by atoms with van der Waals surface area (Å²) >= 11 is 1.20. The van der Waals surface area contributed by atoms with E-state index in [9.17, 15) is 106 Å². The minimum Gasteiger partial charge on any atom is -0.494 e. The first-order valence-electron chi connectivity index (χ1n) is 16.1. The molecule has 0 unspecified atom stereocenters. The summed E-state index contributed by atoms with van der Waals surface area (Å²) in [6.07, 6.45) is -8.13. The lowest BCUT2D eigenvalue weighted by molar-refractivity contribution is -0.477. The average Bonchev–Trinajstić information content (AvgIpc) is 3.16. The van der Waals surface area contributed by atoms with Crippen molar-refractivity contribution in [2.75, 3.05) is 13.2 Å². The molecule has 0 atom stereocenters. The first-order valence-corrected chi connectivity index (χ1v) is 17.0. The van der Waals surface area contributed by atoms with E-state index in [0.717, 1.165) is 29.7 Å². The van der Waals surface area contributed by atoms with Gasteiger partial charge in [0.05, 0.1) is 13.2 Å². The highest BCUT2D eigenvalue weighted by Gasteiger charge is 2.99. The number of para-hydroxylation sites is 1. The van der Waals surface area contributed by atoms with E-state index in [1.54, 1.807) is 0 Å². The summed E-state index contributed by atoms with van der Waals surface area (Å²) in [5.74, 6) is -93.2. The minimum absolute atomic E-state index is 0.383. The van der Waals surface area contributed by atoms with Crippen molar-refractivity contribution in [1.82, 2.24) is 0 Å². The summed E-state index contributed by atoms with van der Waals surface area (Å²) in [6.45, 7) is 5.39. The molecule has 0 aliphatic carbocycles. The number of rotatable bonds is 17. The lowest BCUT2D eigenvalue weighted by Crippen LogP contribution is -2.78. The van der Waals surface area contributed by atoms with Crippen LogP contribution in [-0.2, 0) is 16.6 Å². The quantitative estimate of drug-likeness (QED) is 0.0445. The van der Waals surface area contributed by atoms with Crippen LogP contribution in [0.5, 0.6) is 17.2 Å². The smallest absolute Gasteiger partial charge is 0.460 e. The standard InChI is InChI=1S/C18H5F23O2.C16H18O2S/c19-8(20,7(42)43-6-4-2-1-3-5-6)9(21,22)10(23,24)11(25,26)12(27,28)13(29,30)14(31,32)15(33,34)16(35,36)17(37,38)18(39,40)41;1-3-17-13-5-9-15(10-6-13)19-16-11-7-14(8-12-16)18-4-2/h1-5H;5-12H,3-4H2,1-2H3/p+1. The molecule has 3 rings (SSSR count). The molecule has 3 aromatic carbocycles. The van der Waals surface area contributed by atoms with E-state index in [1.165, 1.54) is 21.6 Å². The van der Waals surface area contributed by atoms with E-state index >= 15 is 0 Å². The van der Waals surface area contributed by atoms with Crippen LogP contribution in [0.3, 0.4) is 0 Å². The topological polar surface area (TPSA) is 44.8 Å². The Morgan fingerprint density at radius 1 is 0.403 bits per heavy atom. The summed E-state index contributed by atoms with van der Waals surface area (Å²) in [6, 6.07) is 19.7. The Balaban J connectivity index is 0.000000573. The predicted molar refractivity (Wildman–Crippen MR) is 168 cm³/mol. The second-order valence-electron chi connectivity index (χ2n) is 11.9. The van der Waals surface area contributed by atoms with E-state index in [2.05, 4.69) is 29.0 Å². The van der Waals surface area contributed by atoms with Crippen molar-refractivity contribution in [2.24, 2.45) is 0 Å². The zero-order valence-corrected chi connectivity index (χ0v) is 31.1. The highest BCUT2D eigenvalue weighted by Crippen LogP contribution is 2.67. The molecule has 0 aliphatic rings. The molecule has 0 saturated carbocycles. The number of alkyl halides is 23. The summed E-state index contributed by atoms with van der Waals surface area (Å²) in [5, 5.41) is 0. The molecule has 0 aliphatic heterocycles. The van der Waals surface area contributed by atoms with Crippen LogP contribution in [0.25, 0.3) is 0 Å². The average molecular weight is 966 g/mol. The molecular weight excluding hydrogens is 941 g/mol. The highest BCUT2D eigenvalue weighted by atomic mass is 32.2. The molecular formula is C34H24F23O4S+. The number of carbonyl (C=O) groups excluding carboxylic acids is 1. The van der Waals surface area contributed by atoms with Crippen LogP contribution in [-0.4, -0.2) is 84.6 Å².